The highest BCUT2D eigenvalue weighted by Gasteiger charge is 2.26. The summed E-state index contributed by atoms with van der Waals surface area (Å²) in [6, 6.07) is 5.27. The van der Waals surface area contributed by atoms with Crippen LogP contribution in [0.1, 0.15) is 31.7 Å². The molecule has 1 aromatic carbocycles. The Labute approximate surface area is 108 Å². The molecule has 4 nitrogen and oxygen atoms in total. The molecule has 0 bridgehead atoms. The van der Waals surface area contributed by atoms with E-state index in [1.54, 1.807) is 32.4 Å². The molecular weight excluding hydrogens is 232 g/mol. The second-order valence-electron chi connectivity index (χ2n) is 4.32. The van der Waals surface area contributed by atoms with Gasteiger partial charge in [0, 0.05) is 0 Å². The third kappa shape index (κ3) is 2.94. The van der Waals surface area contributed by atoms with Crippen molar-refractivity contribution in [3.8, 4) is 11.5 Å². The van der Waals surface area contributed by atoms with Crippen molar-refractivity contribution in [1.29, 1.82) is 0 Å². The lowest BCUT2D eigenvalue weighted by Gasteiger charge is -2.20. The van der Waals surface area contributed by atoms with Gasteiger partial charge >= 0.3 is 5.97 Å². The maximum absolute atomic E-state index is 11.4. The fourth-order valence-electron chi connectivity index (χ4n) is 2.00. The Kier molecular flexibility index (Phi) is 5.01. The largest absolute Gasteiger partial charge is 0.493 e. The Morgan fingerprint density at radius 1 is 1.28 bits per heavy atom. The fraction of sp³-hybridized carbons (Fsp3) is 0.500. The van der Waals surface area contributed by atoms with Crippen LogP contribution in [0.2, 0.25) is 0 Å². The first kappa shape index (κ1) is 14.4. The van der Waals surface area contributed by atoms with Crippen molar-refractivity contribution in [2.75, 3.05) is 14.2 Å². The van der Waals surface area contributed by atoms with Crippen LogP contribution in [0.25, 0.3) is 0 Å². The van der Waals surface area contributed by atoms with E-state index in [2.05, 4.69) is 0 Å². The molecule has 1 aromatic rings. The molecule has 1 N–H and O–H groups in total. The summed E-state index contributed by atoms with van der Waals surface area (Å²) in [7, 11) is 3.10. The maximum Gasteiger partial charge on any atom is 0.311 e. The second kappa shape index (κ2) is 6.28. The van der Waals surface area contributed by atoms with Crippen molar-refractivity contribution in [2.45, 2.75) is 26.2 Å². The summed E-state index contributed by atoms with van der Waals surface area (Å²) >= 11 is 0. The SMILES string of the molecule is CCC(C)C(C(=O)O)c1ccc(OC)c(OC)c1. The van der Waals surface area contributed by atoms with Gasteiger partial charge in [0.15, 0.2) is 11.5 Å². The van der Waals surface area contributed by atoms with E-state index in [0.717, 1.165) is 12.0 Å². The summed E-state index contributed by atoms with van der Waals surface area (Å²) in [6.07, 6.45) is 0.811. The monoisotopic (exact) mass is 252 g/mol. The highest BCUT2D eigenvalue weighted by atomic mass is 16.5. The molecule has 0 aliphatic carbocycles. The van der Waals surface area contributed by atoms with Gasteiger partial charge in [-0.25, -0.2) is 0 Å². The maximum atomic E-state index is 11.4. The Hall–Kier alpha value is -1.71. The van der Waals surface area contributed by atoms with E-state index >= 15 is 0 Å². The number of methoxy groups -OCH3 is 2. The molecule has 0 aliphatic rings. The molecule has 2 atom stereocenters. The number of rotatable bonds is 6. The van der Waals surface area contributed by atoms with Crippen LogP contribution in [-0.2, 0) is 4.79 Å². The van der Waals surface area contributed by atoms with Crippen LogP contribution in [0, 0.1) is 5.92 Å². The van der Waals surface area contributed by atoms with Crippen LogP contribution in [0.3, 0.4) is 0 Å². The van der Waals surface area contributed by atoms with E-state index in [0.29, 0.717) is 11.5 Å². The summed E-state index contributed by atoms with van der Waals surface area (Å²) in [4.78, 5) is 11.4. The fourth-order valence-corrected chi connectivity index (χ4v) is 2.00. The van der Waals surface area contributed by atoms with Gasteiger partial charge in [-0.05, 0) is 23.6 Å². The van der Waals surface area contributed by atoms with E-state index in [-0.39, 0.29) is 5.92 Å². The predicted octanol–water partition coefficient (Wildman–Crippen LogP) is 2.92. The second-order valence-corrected chi connectivity index (χ2v) is 4.32. The van der Waals surface area contributed by atoms with Gasteiger partial charge in [0.2, 0.25) is 0 Å². The quantitative estimate of drug-likeness (QED) is 0.845. The number of hydrogen-bond donors (Lipinski definition) is 1. The topological polar surface area (TPSA) is 55.8 Å². The van der Waals surface area contributed by atoms with Gasteiger partial charge in [0.1, 0.15) is 0 Å². The zero-order valence-corrected chi connectivity index (χ0v) is 11.3. The first-order valence-corrected chi connectivity index (χ1v) is 5.99. The van der Waals surface area contributed by atoms with Crippen LogP contribution in [0.15, 0.2) is 18.2 Å². The van der Waals surface area contributed by atoms with Crippen LogP contribution >= 0.6 is 0 Å². The van der Waals surface area contributed by atoms with Crippen molar-refractivity contribution >= 4 is 5.97 Å². The van der Waals surface area contributed by atoms with Gasteiger partial charge in [-0.2, -0.15) is 0 Å². The van der Waals surface area contributed by atoms with Crippen molar-refractivity contribution in [1.82, 2.24) is 0 Å². The number of hydrogen-bond acceptors (Lipinski definition) is 3. The summed E-state index contributed by atoms with van der Waals surface area (Å²) in [5, 5.41) is 9.35. The molecule has 0 fully saturated rings. The molecule has 0 amide bonds. The highest BCUT2D eigenvalue weighted by Crippen LogP contribution is 2.34. The van der Waals surface area contributed by atoms with Gasteiger partial charge in [-0.1, -0.05) is 26.3 Å². The van der Waals surface area contributed by atoms with Gasteiger partial charge in [0.05, 0.1) is 20.1 Å². The molecule has 0 saturated carbocycles. The highest BCUT2D eigenvalue weighted by molar-refractivity contribution is 5.76. The standard InChI is InChI=1S/C14H20O4/c1-5-9(2)13(14(15)16)10-6-7-11(17-3)12(8-10)18-4/h6-9,13H,5H2,1-4H3,(H,15,16). The zero-order chi connectivity index (χ0) is 13.7. The Morgan fingerprint density at radius 3 is 2.33 bits per heavy atom. The van der Waals surface area contributed by atoms with Crippen LogP contribution < -0.4 is 9.47 Å². The minimum atomic E-state index is -0.809. The molecule has 100 valence electrons. The third-order valence-electron chi connectivity index (χ3n) is 3.25. The molecule has 1 rings (SSSR count). The third-order valence-corrected chi connectivity index (χ3v) is 3.25. The van der Waals surface area contributed by atoms with Crippen molar-refractivity contribution in [2.24, 2.45) is 5.92 Å². The van der Waals surface area contributed by atoms with Crippen LogP contribution in [-0.4, -0.2) is 25.3 Å². The number of carbonyl (C=O) groups is 1. The Balaban J connectivity index is 3.17. The molecule has 2 unspecified atom stereocenters. The van der Waals surface area contributed by atoms with E-state index < -0.39 is 11.9 Å². The van der Waals surface area contributed by atoms with Gasteiger partial charge in [-0.15, -0.1) is 0 Å². The number of carboxylic acid groups (broad SMARTS) is 1. The lowest BCUT2D eigenvalue weighted by molar-refractivity contribution is -0.140. The van der Waals surface area contributed by atoms with E-state index in [1.807, 2.05) is 13.8 Å². The number of ether oxygens (including phenoxy) is 2. The predicted molar refractivity (Wildman–Crippen MR) is 69.4 cm³/mol. The number of carboxylic acids is 1. The lowest BCUT2D eigenvalue weighted by atomic mass is 9.85. The first-order valence-electron chi connectivity index (χ1n) is 5.99. The molecule has 0 spiro atoms. The Bertz CT molecular complexity index is 414. The average molecular weight is 252 g/mol. The van der Waals surface area contributed by atoms with Gasteiger partial charge in [-0.3, -0.25) is 4.79 Å². The van der Waals surface area contributed by atoms with Gasteiger partial charge in [0.25, 0.3) is 0 Å². The molecule has 18 heavy (non-hydrogen) atoms. The summed E-state index contributed by atoms with van der Waals surface area (Å²) in [5.74, 6) is -0.0916. The molecule has 0 heterocycles. The normalized spacial score (nSPS) is 13.8. The van der Waals surface area contributed by atoms with Crippen molar-refractivity contribution < 1.29 is 19.4 Å². The van der Waals surface area contributed by atoms with Gasteiger partial charge < -0.3 is 14.6 Å². The first-order chi connectivity index (χ1) is 8.54. The van der Waals surface area contributed by atoms with E-state index in [9.17, 15) is 9.90 Å². The smallest absolute Gasteiger partial charge is 0.311 e. The number of benzene rings is 1. The van der Waals surface area contributed by atoms with E-state index in [1.165, 1.54) is 0 Å². The zero-order valence-electron chi connectivity index (χ0n) is 11.3. The van der Waals surface area contributed by atoms with Crippen LogP contribution in [0.5, 0.6) is 11.5 Å². The summed E-state index contributed by atoms with van der Waals surface area (Å²) in [6.45, 7) is 3.93. The summed E-state index contributed by atoms with van der Waals surface area (Å²) < 4.78 is 10.3. The molecule has 0 aliphatic heterocycles. The molecule has 4 heteroatoms. The van der Waals surface area contributed by atoms with Crippen molar-refractivity contribution in [3.63, 3.8) is 0 Å². The molecule has 0 aromatic heterocycles. The lowest BCUT2D eigenvalue weighted by Crippen LogP contribution is -2.19. The molecule has 0 saturated heterocycles. The minimum absolute atomic E-state index is 0.0700. The van der Waals surface area contributed by atoms with E-state index in [4.69, 9.17) is 9.47 Å². The molecular formula is C14H20O4. The number of aliphatic carboxylic acids is 1. The van der Waals surface area contributed by atoms with Crippen molar-refractivity contribution in [3.05, 3.63) is 23.8 Å². The Morgan fingerprint density at radius 2 is 1.89 bits per heavy atom. The minimum Gasteiger partial charge on any atom is -0.493 e. The molecule has 0 radical (unpaired) electrons. The summed E-state index contributed by atoms with van der Waals surface area (Å²) in [5.41, 5.74) is 0.745. The van der Waals surface area contributed by atoms with Crippen LogP contribution in [0.4, 0.5) is 0 Å². The average Bonchev–Trinajstić information content (AvgIpc) is 2.37.